The molecule has 0 radical (unpaired) electrons. The second-order valence-electron chi connectivity index (χ2n) is 8.21. The van der Waals surface area contributed by atoms with E-state index in [2.05, 4.69) is 11.9 Å². The summed E-state index contributed by atoms with van der Waals surface area (Å²) < 4.78 is 5.24. The molecule has 28 heavy (non-hydrogen) atoms. The van der Waals surface area contributed by atoms with E-state index < -0.39 is 0 Å². The van der Waals surface area contributed by atoms with Crippen molar-refractivity contribution < 1.29 is 14.3 Å². The smallest absolute Gasteiger partial charge is 0.277 e. The molecule has 1 aromatic rings. The second-order valence-corrected chi connectivity index (χ2v) is 8.21. The summed E-state index contributed by atoms with van der Waals surface area (Å²) in [7, 11) is 5.69. The third-order valence-electron chi connectivity index (χ3n) is 5.66. The Morgan fingerprint density at radius 1 is 1.11 bits per heavy atom. The van der Waals surface area contributed by atoms with Crippen LogP contribution in [0.5, 0.6) is 5.75 Å². The molecule has 0 aliphatic carbocycles. The number of carbonyl (C=O) groups excluding carboxylic acids is 2. The summed E-state index contributed by atoms with van der Waals surface area (Å²) in [6.07, 6.45) is 1.97. The molecule has 6 nitrogen and oxygen atoms in total. The maximum Gasteiger partial charge on any atom is 0.277 e. The first kappa shape index (κ1) is 20.4. The first-order valence-corrected chi connectivity index (χ1v) is 9.99. The van der Waals surface area contributed by atoms with Crippen molar-refractivity contribution in [1.82, 2.24) is 14.7 Å². The van der Waals surface area contributed by atoms with E-state index in [-0.39, 0.29) is 23.8 Å². The number of carbonyl (C=O) groups is 2. The summed E-state index contributed by atoms with van der Waals surface area (Å²) in [4.78, 5) is 32.3. The van der Waals surface area contributed by atoms with Gasteiger partial charge in [-0.3, -0.25) is 14.5 Å². The van der Waals surface area contributed by atoms with Crippen molar-refractivity contribution in [2.24, 2.45) is 5.92 Å². The highest BCUT2D eigenvalue weighted by atomic mass is 16.5. The fraction of sp³-hybridized carbons (Fsp3) is 0.545. The molecular weight excluding hydrogens is 354 g/mol. The van der Waals surface area contributed by atoms with E-state index in [1.54, 1.807) is 7.11 Å². The molecule has 0 atom stereocenters. The van der Waals surface area contributed by atoms with Gasteiger partial charge in [0.2, 0.25) is 0 Å². The number of rotatable bonds is 6. The fourth-order valence-electron chi connectivity index (χ4n) is 4.00. The zero-order chi connectivity index (χ0) is 20.4. The highest BCUT2D eigenvalue weighted by Crippen LogP contribution is 2.34. The van der Waals surface area contributed by atoms with Crippen molar-refractivity contribution in [3.8, 4) is 5.75 Å². The molecule has 1 aromatic carbocycles. The lowest BCUT2D eigenvalue weighted by molar-refractivity contribution is -0.138. The number of likely N-dealkylation sites (N-methyl/N-ethyl adjacent to an activating group) is 1. The summed E-state index contributed by atoms with van der Waals surface area (Å²) in [6, 6.07) is 7.65. The van der Waals surface area contributed by atoms with Gasteiger partial charge in [-0.15, -0.1) is 0 Å². The standard InChI is InChI=1S/C22H31N3O3/c1-15(2)14-25-21(26)19(16-6-8-18(28-5)9-7-16)20(22(25)27)24(4)17-10-12-23(3)13-11-17/h6-9,15,17H,10-14H2,1-5H3. The first-order chi connectivity index (χ1) is 13.3. The van der Waals surface area contributed by atoms with Crippen LogP contribution in [0.15, 0.2) is 30.0 Å². The van der Waals surface area contributed by atoms with Gasteiger partial charge in [-0.2, -0.15) is 0 Å². The van der Waals surface area contributed by atoms with Gasteiger partial charge in [0.25, 0.3) is 11.8 Å². The Labute approximate surface area is 167 Å². The van der Waals surface area contributed by atoms with Crippen molar-refractivity contribution >= 4 is 17.4 Å². The topological polar surface area (TPSA) is 53.1 Å². The van der Waals surface area contributed by atoms with E-state index >= 15 is 0 Å². The molecule has 1 fully saturated rings. The molecule has 2 amide bonds. The molecule has 3 rings (SSSR count). The van der Waals surface area contributed by atoms with Gasteiger partial charge in [-0.05, 0) is 56.6 Å². The second kappa shape index (κ2) is 8.35. The molecule has 2 aliphatic heterocycles. The van der Waals surface area contributed by atoms with Gasteiger partial charge < -0.3 is 14.5 Å². The number of ether oxygens (including phenoxy) is 1. The van der Waals surface area contributed by atoms with Crippen LogP contribution in [0.4, 0.5) is 0 Å². The average molecular weight is 386 g/mol. The number of imide groups is 1. The van der Waals surface area contributed by atoms with Crippen LogP contribution in [0, 0.1) is 5.92 Å². The van der Waals surface area contributed by atoms with E-state index in [1.165, 1.54) is 4.90 Å². The summed E-state index contributed by atoms with van der Waals surface area (Å²) >= 11 is 0. The normalized spacial score (nSPS) is 19.1. The van der Waals surface area contributed by atoms with Gasteiger partial charge in [0, 0.05) is 19.6 Å². The summed E-state index contributed by atoms with van der Waals surface area (Å²) in [6.45, 7) is 6.47. The van der Waals surface area contributed by atoms with Crippen LogP contribution in [0.3, 0.4) is 0 Å². The number of benzene rings is 1. The Balaban J connectivity index is 2.00. The summed E-state index contributed by atoms with van der Waals surface area (Å²) in [5.74, 6) is 0.577. The van der Waals surface area contributed by atoms with Gasteiger partial charge in [0.1, 0.15) is 11.4 Å². The number of methoxy groups -OCH3 is 1. The molecule has 2 heterocycles. The Kier molecular flexibility index (Phi) is 6.08. The number of piperidine rings is 1. The maximum atomic E-state index is 13.3. The van der Waals surface area contributed by atoms with E-state index in [4.69, 9.17) is 4.74 Å². The molecular formula is C22H31N3O3. The summed E-state index contributed by atoms with van der Waals surface area (Å²) in [5.41, 5.74) is 1.81. The first-order valence-electron chi connectivity index (χ1n) is 9.99. The Hall–Kier alpha value is -2.34. The third kappa shape index (κ3) is 3.92. The van der Waals surface area contributed by atoms with Crippen LogP contribution in [0.2, 0.25) is 0 Å². The Bertz CT molecular complexity index is 762. The van der Waals surface area contributed by atoms with Gasteiger partial charge in [-0.1, -0.05) is 26.0 Å². The molecule has 0 spiro atoms. The molecule has 0 bridgehead atoms. The van der Waals surface area contributed by atoms with Crippen LogP contribution >= 0.6 is 0 Å². The predicted molar refractivity (Wildman–Crippen MR) is 110 cm³/mol. The molecule has 2 aliphatic rings. The van der Waals surface area contributed by atoms with Gasteiger partial charge in [0.15, 0.2) is 0 Å². The number of amides is 2. The molecule has 0 aromatic heterocycles. The van der Waals surface area contributed by atoms with E-state index in [9.17, 15) is 9.59 Å². The lowest BCUT2D eigenvalue weighted by Gasteiger charge is -2.36. The molecule has 0 unspecified atom stereocenters. The van der Waals surface area contributed by atoms with Gasteiger partial charge in [0.05, 0.1) is 12.7 Å². The van der Waals surface area contributed by atoms with Gasteiger partial charge >= 0.3 is 0 Å². The SMILES string of the molecule is COc1ccc(C2=C(N(C)C3CCN(C)CC3)C(=O)N(CC(C)C)C2=O)cc1. The minimum Gasteiger partial charge on any atom is -0.497 e. The monoisotopic (exact) mass is 385 g/mol. The molecule has 6 heteroatoms. The van der Waals surface area contributed by atoms with Crippen LogP contribution in [0.25, 0.3) is 5.57 Å². The maximum absolute atomic E-state index is 13.3. The zero-order valence-corrected chi connectivity index (χ0v) is 17.6. The van der Waals surface area contributed by atoms with Crippen LogP contribution in [-0.4, -0.2) is 73.4 Å². The Morgan fingerprint density at radius 2 is 1.71 bits per heavy atom. The largest absolute Gasteiger partial charge is 0.497 e. The number of hydrogen-bond acceptors (Lipinski definition) is 5. The number of nitrogens with zero attached hydrogens (tertiary/aromatic N) is 3. The lowest BCUT2D eigenvalue weighted by atomic mass is 10.00. The minimum atomic E-state index is -0.196. The van der Waals surface area contributed by atoms with E-state index in [0.29, 0.717) is 17.8 Å². The van der Waals surface area contributed by atoms with Crippen molar-refractivity contribution in [2.45, 2.75) is 32.7 Å². The van der Waals surface area contributed by atoms with Crippen molar-refractivity contribution in [1.29, 1.82) is 0 Å². The Morgan fingerprint density at radius 3 is 2.25 bits per heavy atom. The van der Waals surface area contributed by atoms with Crippen molar-refractivity contribution in [3.63, 3.8) is 0 Å². The van der Waals surface area contributed by atoms with Crippen LogP contribution in [0.1, 0.15) is 32.3 Å². The highest BCUT2D eigenvalue weighted by molar-refractivity contribution is 6.35. The molecule has 1 saturated heterocycles. The van der Waals surface area contributed by atoms with Gasteiger partial charge in [-0.25, -0.2) is 0 Å². The predicted octanol–water partition coefficient (Wildman–Crippen LogP) is 2.46. The quantitative estimate of drug-likeness (QED) is 0.704. The van der Waals surface area contributed by atoms with Crippen molar-refractivity contribution in [2.75, 3.05) is 40.8 Å². The fourth-order valence-corrected chi connectivity index (χ4v) is 4.00. The highest BCUT2D eigenvalue weighted by Gasteiger charge is 2.42. The zero-order valence-electron chi connectivity index (χ0n) is 17.6. The molecule has 0 N–H and O–H groups in total. The van der Waals surface area contributed by atoms with Crippen LogP contribution < -0.4 is 4.74 Å². The molecule has 152 valence electrons. The lowest BCUT2D eigenvalue weighted by Crippen LogP contribution is -2.44. The van der Waals surface area contributed by atoms with E-state index in [1.807, 2.05) is 50.1 Å². The number of hydrogen-bond donors (Lipinski definition) is 0. The number of likely N-dealkylation sites (tertiary alicyclic amines) is 1. The van der Waals surface area contributed by atoms with Crippen LogP contribution in [-0.2, 0) is 9.59 Å². The minimum absolute atomic E-state index is 0.175. The third-order valence-corrected chi connectivity index (χ3v) is 5.66. The van der Waals surface area contributed by atoms with Crippen molar-refractivity contribution in [3.05, 3.63) is 35.5 Å². The van der Waals surface area contributed by atoms with E-state index in [0.717, 1.165) is 37.2 Å². The molecule has 0 saturated carbocycles. The summed E-state index contributed by atoms with van der Waals surface area (Å²) in [5, 5.41) is 0. The average Bonchev–Trinajstić information content (AvgIpc) is 2.92.